The van der Waals surface area contributed by atoms with Gasteiger partial charge in [0.15, 0.2) is 11.5 Å². The van der Waals surface area contributed by atoms with Crippen LogP contribution in [0.5, 0.6) is 17.2 Å². The molecule has 1 amide bonds. The third-order valence-electron chi connectivity index (χ3n) is 3.67. The van der Waals surface area contributed by atoms with E-state index in [-0.39, 0.29) is 12.7 Å². The molecule has 0 saturated carbocycles. The minimum absolute atomic E-state index is 0.264. The van der Waals surface area contributed by atoms with E-state index in [1.54, 1.807) is 24.3 Å². The maximum Gasteiger partial charge on any atom is 0.275 e. The molecule has 0 atom stereocenters. The number of ether oxygens (including phenoxy) is 3. The largest absolute Gasteiger partial charge is 0.493 e. The first-order valence-electron chi connectivity index (χ1n) is 8.56. The lowest BCUT2D eigenvalue weighted by molar-refractivity contribution is 0.0951. The Hall–Kier alpha value is -3.54. The smallest absolute Gasteiger partial charge is 0.275 e. The summed E-state index contributed by atoms with van der Waals surface area (Å²) >= 11 is 0. The number of allylic oxidation sites excluding steroid dienone is 3. The summed E-state index contributed by atoms with van der Waals surface area (Å²) in [6.45, 7) is 2.63. The molecule has 0 aromatic heterocycles. The molecule has 2 aromatic rings. The van der Waals surface area contributed by atoms with Crippen LogP contribution in [0.1, 0.15) is 22.8 Å². The molecule has 1 aliphatic rings. The number of carbonyl (C=O) groups is 1. The number of amides is 1. The van der Waals surface area contributed by atoms with Gasteiger partial charge < -0.3 is 14.2 Å². The lowest BCUT2D eigenvalue weighted by Crippen LogP contribution is -2.18. The summed E-state index contributed by atoms with van der Waals surface area (Å²) in [6.07, 6.45) is 8.84. The molecular formula is C21H20N2O4. The van der Waals surface area contributed by atoms with Crippen LogP contribution in [0.15, 0.2) is 65.8 Å². The Morgan fingerprint density at radius 3 is 2.89 bits per heavy atom. The molecule has 1 heterocycles. The number of benzene rings is 2. The lowest BCUT2D eigenvalue weighted by Gasteiger charge is -2.07. The number of hydrazone groups is 1. The van der Waals surface area contributed by atoms with Crippen LogP contribution >= 0.6 is 0 Å². The Labute approximate surface area is 157 Å². The maximum atomic E-state index is 12.1. The van der Waals surface area contributed by atoms with Crippen LogP contribution in [-0.4, -0.2) is 25.5 Å². The van der Waals surface area contributed by atoms with Crippen molar-refractivity contribution in [2.75, 3.05) is 13.4 Å². The number of hydrogen-bond acceptors (Lipinski definition) is 5. The summed E-state index contributed by atoms with van der Waals surface area (Å²) < 4.78 is 16.0. The molecule has 0 fully saturated rings. The van der Waals surface area contributed by atoms with E-state index in [4.69, 9.17) is 14.2 Å². The Morgan fingerprint density at radius 2 is 2.00 bits per heavy atom. The van der Waals surface area contributed by atoms with Gasteiger partial charge in [0.25, 0.3) is 5.91 Å². The molecule has 0 unspecified atom stereocenters. The van der Waals surface area contributed by atoms with Gasteiger partial charge in [-0.15, -0.1) is 0 Å². The Kier molecular flexibility index (Phi) is 6.25. The van der Waals surface area contributed by atoms with Gasteiger partial charge >= 0.3 is 0 Å². The molecule has 1 N–H and O–H groups in total. The van der Waals surface area contributed by atoms with Crippen molar-refractivity contribution in [2.24, 2.45) is 5.10 Å². The van der Waals surface area contributed by atoms with Crippen molar-refractivity contribution in [3.8, 4) is 17.2 Å². The monoisotopic (exact) mass is 364 g/mol. The van der Waals surface area contributed by atoms with Gasteiger partial charge in [-0.25, -0.2) is 5.43 Å². The summed E-state index contributed by atoms with van der Waals surface area (Å²) in [5.41, 5.74) is 3.93. The quantitative estimate of drug-likeness (QED) is 0.461. The van der Waals surface area contributed by atoms with E-state index < -0.39 is 0 Å². The van der Waals surface area contributed by atoms with Crippen LogP contribution in [-0.2, 0) is 0 Å². The third kappa shape index (κ3) is 4.98. The van der Waals surface area contributed by atoms with Gasteiger partial charge in [-0.1, -0.05) is 36.4 Å². The van der Waals surface area contributed by atoms with E-state index in [1.165, 1.54) is 6.21 Å². The number of para-hydroxylation sites is 1. The highest BCUT2D eigenvalue weighted by atomic mass is 16.7. The summed E-state index contributed by atoms with van der Waals surface area (Å²) in [5.74, 6) is 1.73. The lowest BCUT2D eigenvalue weighted by atomic mass is 10.2. The molecule has 6 nitrogen and oxygen atoms in total. The van der Waals surface area contributed by atoms with Gasteiger partial charge in [0.05, 0.1) is 12.2 Å². The molecule has 1 aliphatic heterocycles. The fraction of sp³-hybridized carbons (Fsp3) is 0.143. The average Bonchev–Trinajstić information content (AvgIpc) is 3.15. The SMILES string of the molecule is CCOc1ccccc1C(=O)N/N=C/C=C/C=C/c1ccc2c(c1)OCO2. The molecule has 0 radical (unpaired) electrons. The summed E-state index contributed by atoms with van der Waals surface area (Å²) in [7, 11) is 0. The molecule has 0 saturated heterocycles. The Bertz CT molecular complexity index is 888. The van der Waals surface area contributed by atoms with Crippen molar-refractivity contribution in [1.29, 1.82) is 0 Å². The highest BCUT2D eigenvalue weighted by molar-refractivity contribution is 5.97. The number of nitrogens with one attached hydrogen (secondary N) is 1. The number of fused-ring (bicyclic) bond motifs is 1. The topological polar surface area (TPSA) is 69.2 Å². The normalized spacial score (nSPS) is 12.9. The molecule has 0 aliphatic carbocycles. The standard InChI is InChI=1S/C21H20N2O4/c1-2-25-18-10-6-5-9-17(18)21(24)23-22-13-7-3-4-8-16-11-12-19-20(14-16)27-15-26-19/h3-14H,2,15H2,1H3,(H,23,24)/b7-3+,8-4+,22-13+. The fourth-order valence-electron chi connectivity index (χ4n) is 2.43. The highest BCUT2D eigenvalue weighted by Crippen LogP contribution is 2.32. The van der Waals surface area contributed by atoms with Gasteiger partial charge in [0.1, 0.15) is 5.75 Å². The van der Waals surface area contributed by atoms with Gasteiger partial charge in [-0.3, -0.25) is 4.79 Å². The molecule has 138 valence electrons. The highest BCUT2D eigenvalue weighted by Gasteiger charge is 2.12. The predicted octanol–water partition coefficient (Wildman–Crippen LogP) is 3.80. The second kappa shape index (κ2) is 9.24. The minimum atomic E-state index is -0.320. The molecule has 27 heavy (non-hydrogen) atoms. The summed E-state index contributed by atoms with van der Waals surface area (Å²) in [4.78, 5) is 12.1. The third-order valence-corrected chi connectivity index (χ3v) is 3.67. The molecule has 2 aromatic carbocycles. The number of rotatable bonds is 7. The zero-order chi connectivity index (χ0) is 18.9. The zero-order valence-corrected chi connectivity index (χ0v) is 14.9. The van der Waals surface area contributed by atoms with Gasteiger partial charge in [-0.2, -0.15) is 5.10 Å². The number of nitrogens with zero attached hydrogens (tertiary/aromatic N) is 1. The van der Waals surface area contributed by atoms with E-state index in [0.29, 0.717) is 17.9 Å². The van der Waals surface area contributed by atoms with E-state index in [1.807, 2.05) is 49.4 Å². The van der Waals surface area contributed by atoms with E-state index >= 15 is 0 Å². The van der Waals surface area contributed by atoms with Crippen molar-refractivity contribution in [3.05, 3.63) is 71.8 Å². The molecular weight excluding hydrogens is 344 g/mol. The predicted molar refractivity (Wildman–Crippen MR) is 104 cm³/mol. The molecule has 0 bridgehead atoms. The Balaban J connectivity index is 1.50. The minimum Gasteiger partial charge on any atom is -0.493 e. The van der Waals surface area contributed by atoms with Gasteiger partial charge in [-0.05, 0) is 42.8 Å². The van der Waals surface area contributed by atoms with Crippen LogP contribution in [0.4, 0.5) is 0 Å². The van der Waals surface area contributed by atoms with Crippen LogP contribution in [0.2, 0.25) is 0 Å². The summed E-state index contributed by atoms with van der Waals surface area (Å²) in [5, 5.41) is 3.90. The van der Waals surface area contributed by atoms with Gasteiger partial charge in [0, 0.05) is 6.21 Å². The van der Waals surface area contributed by atoms with E-state index in [2.05, 4.69) is 10.5 Å². The van der Waals surface area contributed by atoms with E-state index in [9.17, 15) is 4.79 Å². The molecule has 0 spiro atoms. The van der Waals surface area contributed by atoms with Crippen molar-refractivity contribution in [1.82, 2.24) is 5.43 Å². The Morgan fingerprint density at radius 1 is 1.15 bits per heavy atom. The summed E-state index contributed by atoms with van der Waals surface area (Å²) in [6, 6.07) is 12.8. The van der Waals surface area contributed by atoms with Crippen LogP contribution < -0.4 is 19.6 Å². The second-order valence-electron chi connectivity index (χ2n) is 5.50. The molecule has 6 heteroatoms. The second-order valence-corrected chi connectivity index (χ2v) is 5.50. The maximum absolute atomic E-state index is 12.1. The van der Waals surface area contributed by atoms with Crippen LogP contribution in [0.25, 0.3) is 6.08 Å². The first-order valence-corrected chi connectivity index (χ1v) is 8.56. The van der Waals surface area contributed by atoms with Crippen LogP contribution in [0.3, 0.4) is 0 Å². The van der Waals surface area contributed by atoms with Crippen LogP contribution in [0, 0.1) is 0 Å². The van der Waals surface area contributed by atoms with Crippen molar-refractivity contribution < 1.29 is 19.0 Å². The van der Waals surface area contributed by atoms with Crippen molar-refractivity contribution in [2.45, 2.75) is 6.92 Å². The first kappa shape index (κ1) is 18.3. The van der Waals surface area contributed by atoms with Crippen molar-refractivity contribution in [3.63, 3.8) is 0 Å². The number of hydrogen-bond donors (Lipinski definition) is 1. The van der Waals surface area contributed by atoms with E-state index in [0.717, 1.165) is 17.1 Å². The fourth-order valence-corrected chi connectivity index (χ4v) is 2.43. The zero-order valence-electron chi connectivity index (χ0n) is 14.9. The van der Waals surface area contributed by atoms with Crippen molar-refractivity contribution >= 4 is 18.2 Å². The first-order chi connectivity index (χ1) is 13.3. The van der Waals surface area contributed by atoms with Gasteiger partial charge in [0.2, 0.25) is 6.79 Å². The average molecular weight is 364 g/mol. The number of carbonyl (C=O) groups excluding carboxylic acids is 1. The molecule has 3 rings (SSSR count).